The molecule has 0 bridgehead atoms. The first-order valence-electron chi connectivity index (χ1n) is 10.3. The standard InChI is InChI=1S/C22H26FN5O3/c1-12(2)19(20-13(3)17-8-14(23)4-5-18(17)31-20)27-22(30)26-15-9-24-21(25-10-15)28-7-6-16(29)11-28/h4-5,8-10,12,16,19,29H,6-7,11H2,1-3H3,(H2,26,27,30)/t16-,19+/m1/s1. The first-order valence-corrected chi connectivity index (χ1v) is 10.3. The Morgan fingerprint density at radius 2 is 2.06 bits per heavy atom. The summed E-state index contributed by atoms with van der Waals surface area (Å²) in [5.74, 6) is 0.828. The van der Waals surface area contributed by atoms with Crippen LogP contribution in [0.4, 0.5) is 20.8 Å². The van der Waals surface area contributed by atoms with Crippen molar-refractivity contribution in [1.82, 2.24) is 15.3 Å². The van der Waals surface area contributed by atoms with Crippen LogP contribution in [0, 0.1) is 18.7 Å². The summed E-state index contributed by atoms with van der Waals surface area (Å²) in [4.78, 5) is 23.1. The van der Waals surface area contributed by atoms with E-state index >= 15 is 0 Å². The maximum Gasteiger partial charge on any atom is 0.319 e. The van der Waals surface area contributed by atoms with Crippen LogP contribution in [-0.4, -0.2) is 40.3 Å². The van der Waals surface area contributed by atoms with Gasteiger partial charge >= 0.3 is 6.03 Å². The van der Waals surface area contributed by atoms with Crippen molar-refractivity contribution in [3.63, 3.8) is 0 Å². The first-order chi connectivity index (χ1) is 14.8. The van der Waals surface area contributed by atoms with Crippen LogP contribution in [-0.2, 0) is 0 Å². The minimum absolute atomic E-state index is 0.0371. The lowest BCUT2D eigenvalue weighted by Crippen LogP contribution is -2.35. The van der Waals surface area contributed by atoms with Gasteiger partial charge in [-0.2, -0.15) is 0 Å². The minimum Gasteiger partial charge on any atom is -0.459 e. The number of nitrogens with one attached hydrogen (secondary N) is 2. The lowest BCUT2D eigenvalue weighted by atomic mass is 9.98. The molecule has 2 amide bonds. The number of urea groups is 1. The van der Waals surface area contributed by atoms with Gasteiger partial charge in [0, 0.05) is 24.0 Å². The summed E-state index contributed by atoms with van der Waals surface area (Å²) in [6.45, 7) is 7.01. The quantitative estimate of drug-likeness (QED) is 0.573. The SMILES string of the molecule is Cc1c([C@@H](NC(=O)Nc2cnc(N3CC[C@@H](O)C3)nc2)C(C)C)oc2ccc(F)cc12. The Balaban J connectivity index is 1.46. The molecule has 4 rings (SSSR count). The van der Waals surface area contributed by atoms with Gasteiger partial charge in [-0.1, -0.05) is 13.8 Å². The Morgan fingerprint density at radius 1 is 1.32 bits per heavy atom. The number of hydrogen-bond donors (Lipinski definition) is 3. The highest BCUT2D eigenvalue weighted by Gasteiger charge is 2.26. The normalized spacial score (nSPS) is 17.4. The van der Waals surface area contributed by atoms with E-state index in [9.17, 15) is 14.3 Å². The summed E-state index contributed by atoms with van der Waals surface area (Å²) in [6, 6.07) is 3.57. The van der Waals surface area contributed by atoms with Crippen molar-refractivity contribution < 1.29 is 18.7 Å². The number of benzene rings is 1. The number of carbonyl (C=O) groups excluding carboxylic acids is 1. The van der Waals surface area contributed by atoms with Crippen LogP contribution in [0.15, 0.2) is 35.0 Å². The fourth-order valence-corrected chi connectivity index (χ4v) is 3.82. The molecule has 0 radical (unpaired) electrons. The van der Waals surface area contributed by atoms with Gasteiger partial charge in [-0.15, -0.1) is 0 Å². The molecule has 8 nitrogen and oxygen atoms in total. The Morgan fingerprint density at radius 3 is 2.71 bits per heavy atom. The minimum atomic E-state index is -0.419. The molecule has 1 aromatic carbocycles. The van der Waals surface area contributed by atoms with Gasteiger partial charge in [0.25, 0.3) is 0 Å². The molecular formula is C22H26FN5O3. The number of β-amino-alcohol motifs (C(OH)–C–C–N with tert-alkyl or cyclic N) is 1. The van der Waals surface area contributed by atoms with E-state index in [4.69, 9.17) is 4.42 Å². The van der Waals surface area contributed by atoms with E-state index in [1.165, 1.54) is 24.5 Å². The fraction of sp³-hybridized carbons (Fsp3) is 0.409. The predicted molar refractivity (Wildman–Crippen MR) is 116 cm³/mol. The Bertz CT molecular complexity index is 1080. The molecular weight excluding hydrogens is 401 g/mol. The van der Waals surface area contributed by atoms with Crippen LogP contribution in [0.2, 0.25) is 0 Å². The van der Waals surface area contributed by atoms with Gasteiger partial charge < -0.3 is 25.1 Å². The van der Waals surface area contributed by atoms with Crippen molar-refractivity contribution >= 4 is 28.6 Å². The largest absolute Gasteiger partial charge is 0.459 e. The average molecular weight is 427 g/mol. The summed E-state index contributed by atoms with van der Waals surface area (Å²) in [6.07, 6.45) is 3.40. The molecule has 3 heterocycles. The first kappa shape index (κ1) is 21.0. The second-order valence-corrected chi connectivity index (χ2v) is 8.21. The number of fused-ring (bicyclic) bond motifs is 1. The maximum atomic E-state index is 13.6. The summed E-state index contributed by atoms with van der Waals surface area (Å²) < 4.78 is 19.6. The van der Waals surface area contributed by atoms with Crippen molar-refractivity contribution in [2.24, 2.45) is 5.92 Å². The second-order valence-electron chi connectivity index (χ2n) is 8.21. The van der Waals surface area contributed by atoms with Crippen LogP contribution >= 0.6 is 0 Å². The molecule has 0 saturated carbocycles. The highest BCUT2D eigenvalue weighted by Crippen LogP contribution is 2.33. The fourth-order valence-electron chi connectivity index (χ4n) is 3.82. The van der Waals surface area contributed by atoms with Crippen molar-refractivity contribution in [3.05, 3.63) is 47.7 Å². The summed E-state index contributed by atoms with van der Waals surface area (Å²) in [5, 5.41) is 16.0. The summed E-state index contributed by atoms with van der Waals surface area (Å²) in [7, 11) is 0. The van der Waals surface area contributed by atoms with E-state index in [1.54, 1.807) is 6.07 Å². The third-order valence-electron chi connectivity index (χ3n) is 5.51. The van der Waals surface area contributed by atoms with Gasteiger partial charge in [-0.3, -0.25) is 0 Å². The van der Waals surface area contributed by atoms with Crippen LogP contribution in [0.25, 0.3) is 11.0 Å². The molecule has 3 aromatic rings. The topological polar surface area (TPSA) is 104 Å². The summed E-state index contributed by atoms with van der Waals surface area (Å²) >= 11 is 0. The maximum absolute atomic E-state index is 13.6. The highest BCUT2D eigenvalue weighted by molar-refractivity contribution is 5.89. The number of aryl methyl sites for hydroxylation is 1. The van der Waals surface area contributed by atoms with E-state index < -0.39 is 12.1 Å². The van der Waals surface area contributed by atoms with Crippen molar-refractivity contribution in [1.29, 1.82) is 0 Å². The molecule has 1 aliphatic rings. The molecule has 164 valence electrons. The van der Waals surface area contributed by atoms with Crippen molar-refractivity contribution in [2.45, 2.75) is 39.3 Å². The van der Waals surface area contributed by atoms with Gasteiger partial charge in [-0.25, -0.2) is 19.2 Å². The average Bonchev–Trinajstić information content (AvgIpc) is 3.30. The zero-order valence-electron chi connectivity index (χ0n) is 17.7. The number of anilines is 2. The second kappa shape index (κ2) is 8.50. The number of rotatable bonds is 5. The van der Waals surface area contributed by atoms with Crippen molar-refractivity contribution in [3.8, 4) is 0 Å². The lowest BCUT2D eigenvalue weighted by molar-refractivity contribution is 0.198. The smallest absolute Gasteiger partial charge is 0.319 e. The monoisotopic (exact) mass is 427 g/mol. The molecule has 0 spiro atoms. The van der Waals surface area contributed by atoms with E-state index in [1.807, 2.05) is 25.7 Å². The molecule has 2 aromatic heterocycles. The van der Waals surface area contributed by atoms with E-state index in [-0.39, 0.29) is 17.8 Å². The molecule has 1 fully saturated rings. The number of aliphatic hydroxyl groups is 1. The molecule has 0 unspecified atom stereocenters. The highest BCUT2D eigenvalue weighted by atomic mass is 19.1. The van der Waals surface area contributed by atoms with Crippen LogP contribution < -0.4 is 15.5 Å². The Labute approximate surface area is 179 Å². The van der Waals surface area contributed by atoms with E-state index in [0.717, 1.165) is 5.56 Å². The molecule has 3 N–H and O–H groups in total. The number of aliphatic hydroxyl groups excluding tert-OH is 1. The predicted octanol–water partition coefficient (Wildman–Crippen LogP) is 3.76. The lowest BCUT2D eigenvalue weighted by Gasteiger charge is -2.21. The van der Waals surface area contributed by atoms with Crippen LogP contribution in [0.1, 0.15) is 37.6 Å². The molecule has 9 heteroatoms. The van der Waals surface area contributed by atoms with Crippen LogP contribution in [0.3, 0.4) is 0 Å². The van der Waals surface area contributed by atoms with Gasteiger partial charge in [0.2, 0.25) is 5.95 Å². The number of aromatic nitrogens is 2. The number of furan rings is 1. The molecule has 2 atom stereocenters. The number of amides is 2. The summed E-state index contributed by atoms with van der Waals surface area (Å²) in [5.41, 5.74) is 1.83. The number of hydrogen-bond acceptors (Lipinski definition) is 6. The number of nitrogens with zero attached hydrogens (tertiary/aromatic N) is 3. The molecule has 1 aliphatic heterocycles. The zero-order valence-corrected chi connectivity index (χ0v) is 17.7. The molecule has 0 aliphatic carbocycles. The third-order valence-corrected chi connectivity index (χ3v) is 5.51. The van der Waals surface area contributed by atoms with E-state index in [0.29, 0.717) is 47.9 Å². The Kier molecular flexibility index (Phi) is 5.77. The molecule has 1 saturated heterocycles. The van der Waals surface area contributed by atoms with E-state index in [2.05, 4.69) is 20.6 Å². The van der Waals surface area contributed by atoms with Gasteiger partial charge in [0.15, 0.2) is 0 Å². The number of carbonyl (C=O) groups is 1. The van der Waals surface area contributed by atoms with Crippen LogP contribution in [0.5, 0.6) is 0 Å². The van der Waals surface area contributed by atoms with Gasteiger partial charge in [-0.05, 0) is 37.5 Å². The molecule has 31 heavy (non-hydrogen) atoms. The van der Waals surface area contributed by atoms with Gasteiger partial charge in [0.05, 0.1) is 30.2 Å². The number of halogens is 1. The Hall–Kier alpha value is -3.20. The van der Waals surface area contributed by atoms with Gasteiger partial charge in [0.1, 0.15) is 17.2 Å². The zero-order chi connectivity index (χ0) is 22.1. The third kappa shape index (κ3) is 4.46. The van der Waals surface area contributed by atoms with Crippen molar-refractivity contribution in [2.75, 3.05) is 23.3 Å².